The quantitative estimate of drug-likeness (QED) is 0.597. The van der Waals surface area contributed by atoms with Gasteiger partial charge < -0.3 is 4.74 Å². The molecule has 0 bridgehead atoms. The van der Waals surface area contributed by atoms with Crippen molar-refractivity contribution in [3.63, 3.8) is 0 Å². The van der Waals surface area contributed by atoms with Crippen LogP contribution in [0.25, 0.3) is 0 Å². The van der Waals surface area contributed by atoms with Gasteiger partial charge in [-0.3, -0.25) is 9.59 Å². The van der Waals surface area contributed by atoms with Crippen LogP contribution in [0.3, 0.4) is 0 Å². The molecule has 0 aromatic rings. The SMILES string of the molecule is CS[C@@H]1CC2=CC(=O)CC[C@]2(C)[C@H]2CC[C@@]3(C)[C@H](CC[C@@]34CCC(=O)O4)[C@@H]12. The second kappa shape index (κ2) is 5.87. The molecular formula is C23H32O3S. The lowest BCUT2D eigenvalue weighted by Crippen LogP contribution is -2.57. The molecule has 4 fully saturated rings. The Morgan fingerprint density at radius 3 is 2.52 bits per heavy atom. The zero-order chi connectivity index (χ0) is 19.0. The summed E-state index contributed by atoms with van der Waals surface area (Å²) in [4.78, 5) is 24.1. The van der Waals surface area contributed by atoms with Crippen molar-refractivity contribution in [2.45, 2.75) is 82.5 Å². The van der Waals surface area contributed by atoms with Crippen LogP contribution in [0.4, 0.5) is 0 Å². The number of carbonyl (C=O) groups is 2. The molecule has 0 amide bonds. The van der Waals surface area contributed by atoms with Crippen LogP contribution < -0.4 is 0 Å². The van der Waals surface area contributed by atoms with Crippen LogP contribution in [0.1, 0.15) is 71.6 Å². The topological polar surface area (TPSA) is 43.4 Å². The van der Waals surface area contributed by atoms with Gasteiger partial charge in [0.1, 0.15) is 5.60 Å². The van der Waals surface area contributed by atoms with Gasteiger partial charge >= 0.3 is 5.97 Å². The number of thioether (sulfide) groups is 1. The molecule has 148 valence electrons. The van der Waals surface area contributed by atoms with Crippen LogP contribution in [0, 0.1) is 28.6 Å². The third kappa shape index (κ3) is 2.28. The van der Waals surface area contributed by atoms with Gasteiger partial charge in [-0.25, -0.2) is 0 Å². The number of fused-ring (bicyclic) bond motifs is 6. The van der Waals surface area contributed by atoms with E-state index in [4.69, 9.17) is 4.74 Å². The van der Waals surface area contributed by atoms with Crippen molar-refractivity contribution < 1.29 is 14.3 Å². The second-order valence-corrected chi connectivity index (χ2v) is 11.4. The number of ether oxygens (including phenoxy) is 1. The molecule has 1 heterocycles. The number of hydrogen-bond donors (Lipinski definition) is 0. The van der Waals surface area contributed by atoms with Gasteiger partial charge in [-0.05, 0) is 80.4 Å². The first-order chi connectivity index (χ1) is 12.8. The van der Waals surface area contributed by atoms with Crippen LogP contribution >= 0.6 is 11.8 Å². The molecule has 1 spiro atoms. The van der Waals surface area contributed by atoms with Crippen LogP contribution in [-0.4, -0.2) is 28.9 Å². The van der Waals surface area contributed by atoms with E-state index in [2.05, 4.69) is 20.1 Å². The monoisotopic (exact) mass is 388 g/mol. The summed E-state index contributed by atoms with van der Waals surface area (Å²) in [7, 11) is 0. The van der Waals surface area contributed by atoms with E-state index in [1.54, 1.807) is 0 Å². The number of ketones is 1. The van der Waals surface area contributed by atoms with Crippen molar-refractivity contribution in [1.29, 1.82) is 0 Å². The van der Waals surface area contributed by atoms with Gasteiger partial charge in [0.2, 0.25) is 0 Å². The van der Waals surface area contributed by atoms with Gasteiger partial charge in [0.25, 0.3) is 0 Å². The Morgan fingerprint density at radius 2 is 1.81 bits per heavy atom. The average Bonchev–Trinajstić information content (AvgIpc) is 3.16. The molecule has 0 radical (unpaired) electrons. The van der Waals surface area contributed by atoms with Crippen molar-refractivity contribution in [1.82, 2.24) is 0 Å². The van der Waals surface area contributed by atoms with Crippen molar-refractivity contribution in [2.75, 3.05) is 6.26 Å². The summed E-state index contributed by atoms with van der Waals surface area (Å²) in [5.74, 6) is 2.36. The lowest BCUT2D eigenvalue weighted by molar-refractivity contribution is -0.167. The summed E-state index contributed by atoms with van der Waals surface area (Å²) >= 11 is 2.01. The largest absolute Gasteiger partial charge is 0.458 e. The fraction of sp³-hybridized carbons (Fsp3) is 0.826. The van der Waals surface area contributed by atoms with Gasteiger partial charge in [0.15, 0.2) is 5.78 Å². The van der Waals surface area contributed by atoms with Crippen LogP contribution in [0.15, 0.2) is 11.6 Å². The van der Waals surface area contributed by atoms with Gasteiger partial charge in [-0.1, -0.05) is 19.4 Å². The summed E-state index contributed by atoms with van der Waals surface area (Å²) in [6, 6.07) is 0. The minimum absolute atomic E-state index is 0.0204. The number of allylic oxidation sites excluding steroid dienone is 1. The highest BCUT2D eigenvalue weighted by Crippen LogP contribution is 2.70. The summed E-state index contributed by atoms with van der Waals surface area (Å²) in [5.41, 5.74) is 1.58. The van der Waals surface area contributed by atoms with Gasteiger partial charge in [0.05, 0.1) is 0 Å². The highest BCUT2D eigenvalue weighted by molar-refractivity contribution is 7.99. The normalized spacial score (nSPS) is 51.4. The molecule has 3 saturated carbocycles. The third-order valence-corrected chi connectivity index (χ3v) is 10.7. The number of esters is 1. The molecule has 0 aromatic heterocycles. The fourth-order valence-electron chi connectivity index (χ4n) is 8.04. The highest BCUT2D eigenvalue weighted by Gasteiger charge is 2.68. The van der Waals surface area contributed by atoms with Crippen molar-refractivity contribution >= 4 is 23.5 Å². The molecule has 1 saturated heterocycles. The van der Waals surface area contributed by atoms with E-state index in [0.717, 1.165) is 32.1 Å². The van der Waals surface area contributed by atoms with E-state index < -0.39 is 0 Å². The summed E-state index contributed by atoms with van der Waals surface area (Å²) < 4.78 is 6.07. The summed E-state index contributed by atoms with van der Waals surface area (Å²) in [5, 5.41) is 0.595. The molecule has 4 aliphatic carbocycles. The molecule has 0 aromatic carbocycles. The summed E-state index contributed by atoms with van der Waals surface area (Å²) in [6.45, 7) is 4.89. The molecule has 7 atom stereocenters. The maximum absolute atomic E-state index is 12.1. The first kappa shape index (κ1) is 18.3. The van der Waals surface area contributed by atoms with Gasteiger partial charge in [0, 0.05) is 23.5 Å². The first-order valence-electron chi connectivity index (χ1n) is 10.8. The Bertz CT molecular complexity index is 729. The molecule has 5 rings (SSSR count). The fourth-order valence-corrected chi connectivity index (χ4v) is 9.08. The van der Waals surface area contributed by atoms with E-state index in [1.165, 1.54) is 24.8 Å². The van der Waals surface area contributed by atoms with Crippen molar-refractivity contribution in [3.8, 4) is 0 Å². The Morgan fingerprint density at radius 1 is 1.04 bits per heavy atom. The predicted molar refractivity (Wildman–Crippen MR) is 107 cm³/mol. The van der Waals surface area contributed by atoms with E-state index in [0.29, 0.717) is 35.2 Å². The zero-order valence-electron chi connectivity index (χ0n) is 16.9. The van der Waals surface area contributed by atoms with E-state index in [9.17, 15) is 9.59 Å². The number of hydrogen-bond acceptors (Lipinski definition) is 4. The maximum Gasteiger partial charge on any atom is 0.306 e. The van der Waals surface area contributed by atoms with E-state index >= 15 is 0 Å². The van der Waals surface area contributed by atoms with Crippen LogP contribution in [-0.2, 0) is 14.3 Å². The predicted octanol–water partition coefficient (Wildman–Crippen LogP) is 4.94. The lowest BCUT2D eigenvalue weighted by Gasteiger charge is -2.61. The summed E-state index contributed by atoms with van der Waals surface area (Å²) in [6.07, 6.45) is 13.3. The number of carbonyl (C=O) groups excluding carboxylic acids is 2. The van der Waals surface area contributed by atoms with Crippen molar-refractivity contribution in [3.05, 3.63) is 11.6 Å². The van der Waals surface area contributed by atoms with E-state index in [-0.39, 0.29) is 22.4 Å². The van der Waals surface area contributed by atoms with E-state index in [1.807, 2.05) is 17.8 Å². The third-order valence-electron chi connectivity index (χ3n) is 9.60. The van der Waals surface area contributed by atoms with Gasteiger partial charge in [-0.15, -0.1) is 0 Å². The Kier molecular flexibility index (Phi) is 3.97. The lowest BCUT2D eigenvalue weighted by atomic mass is 9.46. The minimum atomic E-state index is -0.192. The Hall–Kier alpha value is -0.770. The van der Waals surface area contributed by atoms with Gasteiger partial charge in [-0.2, -0.15) is 11.8 Å². The molecule has 5 aliphatic rings. The van der Waals surface area contributed by atoms with Crippen LogP contribution in [0.2, 0.25) is 0 Å². The zero-order valence-corrected chi connectivity index (χ0v) is 17.7. The molecule has 1 aliphatic heterocycles. The molecule has 4 heteroatoms. The average molecular weight is 389 g/mol. The molecule has 0 N–H and O–H groups in total. The Balaban J connectivity index is 1.54. The molecule has 0 unspecified atom stereocenters. The maximum atomic E-state index is 12.1. The minimum Gasteiger partial charge on any atom is -0.458 e. The highest BCUT2D eigenvalue weighted by atomic mass is 32.2. The smallest absolute Gasteiger partial charge is 0.306 e. The first-order valence-corrected chi connectivity index (χ1v) is 12.1. The van der Waals surface area contributed by atoms with Crippen LogP contribution in [0.5, 0.6) is 0 Å². The number of rotatable bonds is 1. The Labute approximate surface area is 167 Å². The molecular weight excluding hydrogens is 356 g/mol. The molecule has 3 nitrogen and oxygen atoms in total. The van der Waals surface area contributed by atoms with Crippen molar-refractivity contribution in [2.24, 2.45) is 28.6 Å². The molecule has 27 heavy (non-hydrogen) atoms. The standard InChI is InChI=1S/C23H32O3S/c1-21-8-4-15(24)12-14(21)13-18(27-3)20-16(21)5-9-22(2)17(20)6-10-23(22)11-7-19(25)26-23/h12,16-18,20H,4-11,13H2,1-3H3/t16-,17+,18+,20-,21-,22-,23+/m0/s1. The second-order valence-electron chi connectivity index (χ2n) is 10.3.